The SMILES string of the molecule is CC(C)C(O)C(C)(C)C(O)(N=C=O)N=C=O. The first-order chi connectivity index (χ1) is 7.23. The molecule has 16 heavy (non-hydrogen) atoms. The van der Waals surface area contributed by atoms with Crippen LogP contribution in [0.1, 0.15) is 27.7 Å². The van der Waals surface area contributed by atoms with E-state index in [9.17, 15) is 19.8 Å². The molecule has 0 aliphatic carbocycles. The van der Waals surface area contributed by atoms with Crippen molar-refractivity contribution in [2.24, 2.45) is 21.3 Å². The van der Waals surface area contributed by atoms with E-state index in [1.54, 1.807) is 13.8 Å². The van der Waals surface area contributed by atoms with E-state index in [-0.39, 0.29) is 5.92 Å². The van der Waals surface area contributed by atoms with Crippen LogP contribution in [-0.2, 0) is 9.59 Å². The number of rotatable bonds is 5. The number of carbonyl (C=O) groups excluding carboxylic acids is 2. The van der Waals surface area contributed by atoms with Crippen LogP contribution in [-0.4, -0.2) is 34.3 Å². The maximum Gasteiger partial charge on any atom is 0.283 e. The molecule has 0 rings (SSSR count). The van der Waals surface area contributed by atoms with Crippen molar-refractivity contribution >= 4 is 12.2 Å². The van der Waals surface area contributed by atoms with E-state index in [0.29, 0.717) is 0 Å². The van der Waals surface area contributed by atoms with Gasteiger partial charge in [0.05, 0.1) is 11.5 Å². The van der Waals surface area contributed by atoms with E-state index < -0.39 is 17.4 Å². The van der Waals surface area contributed by atoms with Gasteiger partial charge in [-0.1, -0.05) is 27.7 Å². The zero-order valence-corrected chi connectivity index (χ0v) is 9.76. The van der Waals surface area contributed by atoms with Gasteiger partial charge < -0.3 is 10.2 Å². The topological polar surface area (TPSA) is 99.3 Å². The van der Waals surface area contributed by atoms with Crippen molar-refractivity contribution in [3.63, 3.8) is 0 Å². The van der Waals surface area contributed by atoms with E-state index in [1.807, 2.05) is 0 Å². The summed E-state index contributed by atoms with van der Waals surface area (Å²) in [6.07, 6.45) is 1.26. The molecule has 1 atom stereocenters. The van der Waals surface area contributed by atoms with Crippen LogP contribution < -0.4 is 0 Å². The van der Waals surface area contributed by atoms with Crippen LogP contribution in [0.2, 0.25) is 0 Å². The largest absolute Gasteiger partial charge is 0.392 e. The molecule has 6 heteroatoms. The zero-order chi connectivity index (χ0) is 13.0. The van der Waals surface area contributed by atoms with Crippen LogP contribution in [0.15, 0.2) is 9.98 Å². The molecule has 0 amide bonds. The Bertz CT molecular complexity index is 321. The Morgan fingerprint density at radius 3 is 1.75 bits per heavy atom. The molecule has 90 valence electrons. The average molecular weight is 228 g/mol. The van der Waals surface area contributed by atoms with Gasteiger partial charge in [-0.15, -0.1) is 9.98 Å². The monoisotopic (exact) mass is 228 g/mol. The molecule has 0 saturated carbocycles. The van der Waals surface area contributed by atoms with Crippen molar-refractivity contribution in [2.45, 2.75) is 39.6 Å². The number of aliphatic hydroxyl groups excluding tert-OH is 1. The lowest BCUT2D eigenvalue weighted by Gasteiger charge is -2.39. The lowest BCUT2D eigenvalue weighted by molar-refractivity contribution is -0.128. The van der Waals surface area contributed by atoms with E-state index in [2.05, 4.69) is 9.98 Å². The number of aliphatic imine (C=N–C) groups is 2. The molecule has 0 heterocycles. The minimum Gasteiger partial charge on any atom is -0.392 e. The van der Waals surface area contributed by atoms with Crippen LogP contribution >= 0.6 is 0 Å². The summed E-state index contributed by atoms with van der Waals surface area (Å²) in [6.45, 7) is 6.34. The van der Waals surface area contributed by atoms with Gasteiger partial charge in [0, 0.05) is 0 Å². The Hall–Kier alpha value is -1.32. The van der Waals surface area contributed by atoms with Gasteiger partial charge in [0.2, 0.25) is 12.2 Å². The van der Waals surface area contributed by atoms with Crippen LogP contribution in [0.3, 0.4) is 0 Å². The molecular weight excluding hydrogens is 212 g/mol. The Labute approximate surface area is 93.7 Å². The molecule has 0 bridgehead atoms. The summed E-state index contributed by atoms with van der Waals surface area (Å²) in [7, 11) is 0. The van der Waals surface area contributed by atoms with Crippen LogP contribution in [0.4, 0.5) is 0 Å². The smallest absolute Gasteiger partial charge is 0.283 e. The predicted molar refractivity (Wildman–Crippen MR) is 55.8 cm³/mol. The first kappa shape index (κ1) is 14.7. The molecule has 0 aliphatic heterocycles. The fraction of sp³-hybridized carbons (Fsp3) is 0.800. The second-order valence-electron chi connectivity index (χ2n) is 4.45. The highest BCUT2D eigenvalue weighted by atomic mass is 16.3. The Kier molecular flexibility index (Phi) is 4.72. The quantitative estimate of drug-likeness (QED) is 0.523. The van der Waals surface area contributed by atoms with Crippen molar-refractivity contribution in [2.75, 3.05) is 0 Å². The lowest BCUT2D eigenvalue weighted by Crippen LogP contribution is -2.50. The zero-order valence-electron chi connectivity index (χ0n) is 9.76. The van der Waals surface area contributed by atoms with Gasteiger partial charge in [-0.25, -0.2) is 9.59 Å². The van der Waals surface area contributed by atoms with Crippen LogP contribution in [0.5, 0.6) is 0 Å². The Balaban J connectivity index is 5.52. The number of isocyanates is 2. The Morgan fingerprint density at radius 2 is 1.50 bits per heavy atom. The fourth-order valence-corrected chi connectivity index (χ4v) is 1.47. The maximum atomic E-state index is 10.2. The van der Waals surface area contributed by atoms with Gasteiger partial charge in [0.1, 0.15) is 0 Å². The summed E-state index contributed by atoms with van der Waals surface area (Å²) in [5.74, 6) is -2.55. The van der Waals surface area contributed by atoms with Crippen molar-refractivity contribution in [3.05, 3.63) is 0 Å². The molecule has 0 aromatic heterocycles. The summed E-state index contributed by atoms with van der Waals surface area (Å²) < 4.78 is 0. The minimum absolute atomic E-state index is 0.203. The van der Waals surface area contributed by atoms with Crippen LogP contribution in [0.25, 0.3) is 0 Å². The average Bonchev–Trinajstić information content (AvgIpc) is 2.16. The molecule has 6 nitrogen and oxygen atoms in total. The van der Waals surface area contributed by atoms with Crippen molar-refractivity contribution in [1.29, 1.82) is 0 Å². The van der Waals surface area contributed by atoms with Gasteiger partial charge in [0.25, 0.3) is 5.85 Å². The van der Waals surface area contributed by atoms with Crippen molar-refractivity contribution < 1.29 is 19.8 Å². The summed E-state index contributed by atoms with van der Waals surface area (Å²) in [5, 5.41) is 19.8. The molecule has 1 unspecified atom stereocenters. The molecule has 0 aromatic carbocycles. The predicted octanol–water partition coefficient (Wildman–Crippen LogP) is 0.347. The number of aliphatic hydroxyl groups is 2. The minimum atomic E-state index is -2.35. The first-order valence-electron chi connectivity index (χ1n) is 4.81. The second-order valence-corrected chi connectivity index (χ2v) is 4.45. The molecular formula is C10H16N2O4. The van der Waals surface area contributed by atoms with Gasteiger partial charge in [0.15, 0.2) is 0 Å². The summed E-state index contributed by atoms with van der Waals surface area (Å²) in [5.41, 5.74) is -1.31. The highest BCUT2D eigenvalue weighted by Crippen LogP contribution is 2.39. The summed E-state index contributed by atoms with van der Waals surface area (Å²) in [4.78, 5) is 26.6. The molecule has 0 radical (unpaired) electrons. The van der Waals surface area contributed by atoms with E-state index in [4.69, 9.17) is 0 Å². The van der Waals surface area contributed by atoms with Crippen molar-refractivity contribution in [3.8, 4) is 0 Å². The number of hydrogen-bond acceptors (Lipinski definition) is 6. The molecule has 0 fully saturated rings. The third-order valence-electron chi connectivity index (χ3n) is 2.64. The fourth-order valence-electron chi connectivity index (χ4n) is 1.47. The normalized spacial score (nSPS) is 16.9. The maximum absolute atomic E-state index is 10.2. The molecule has 0 aliphatic rings. The summed E-state index contributed by atoms with van der Waals surface area (Å²) >= 11 is 0. The third-order valence-corrected chi connectivity index (χ3v) is 2.64. The van der Waals surface area contributed by atoms with Gasteiger partial charge in [-0.05, 0) is 5.92 Å². The standard InChI is InChI=1S/C10H16N2O4/c1-7(2)8(15)9(3,4)10(16,11-5-13)12-6-14/h7-8,15-16H,1-4H3. The van der Waals surface area contributed by atoms with Crippen molar-refractivity contribution in [1.82, 2.24) is 0 Å². The molecule has 0 aromatic rings. The van der Waals surface area contributed by atoms with Crippen LogP contribution in [0, 0.1) is 11.3 Å². The molecule has 0 saturated heterocycles. The second kappa shape index (κ2) is 5.14. The number of hydrogen-bond donors (Lipinski definition) is 2. The van der Waals surface area contributed by atoms with E-state index >= 15 is 0 Å². The van der Waals surface area contributed by atoms with Gasteiger partial charge >= 0.3 is 0 Å². The Morgan fingerprint density at radius 1 is 1.12 bits per heavy atom. The first-order valence-corrected chi connectivity index (χ1v) is 4.81. The van der Waals surface area contributed by atoms with E-state index in [0.717, 1.165) is 12.2 Å². The molecule has 0 spiro atoms. The van der Waals surface area contributed by atoms with Gasteiger partial charge in [-0.3, -0.25) is 0 Å². The molecule has 2 N–H and O–H groups in total. The number of nitrogens with zero attached hydrogens (tertiary/aromatic N) is 2. The van der Waals surface area contributed by atoms with E-state index in [1.165, 1.54) is 13.8 Å². The third kappa shape index (κ3) is 2.62. The van der Waals surface area contributed by atoms with Gasteiger partial charge in [-0.2, -0.15) is 0 Å². The highest BCUT2D eigenvalue weighted by Gasteiger charge is 2.50. The lowest BCUT2D eigenvalue weighted by atomic mass is 9.76. The highest BCUT2D eigenvalue weighted by molar-refractivity contribution is 5.38. The summed E-state index contributed by atoms with van der Waals surface area (Å²) in [6, 6.07) is 0.